The SMILES string of the molecule is CCCCCCOC(=O)CCCCC(=O)Oc1ccc(OC)cc1. The third kappa shape index (κ3) is 9.18. The molecule has 24 heavy (non-hydrogen) atoms. The second-order valence-corrected chi connectivity index (χ2v) is 5.64. The highest BCUT2D eigenvalue weighted by atomic mass is 16.5. The summed E-state index contributed by atoms with van der Waals surface area (Å²) in [6.45, 7) is 2.64. The average Bonchev–Trinajstić information content (AvgIpc) is 2.59. The van der Waals surface area contributed by atoms with Gasteiger partial charge < -0.3 is 14.2 Å². The van der Waals surface area contributed by atoms with Gasteiger partial charge in [-0.05, 0) is 43.5 Å². The standard InChI is InChI=1S/C19H28O5/c1-3-4-5-8-15-23-18(20)9-6-7-10-19(21)24-17-13-11-16(22-2)12-14-17/h11-14H,3-10,15H2,1-2H3. The number of carbonyl (C=O) groups excluding carboxylic acids is 2. The van der Waals surface area contributed by atoms with E-state index in [9.17, 15) is 9.59 Å². The molecular weight excluding hydrogens is 308 g/mol. The molecule has 0 aliphatic heterocycles. The lowest BCUT2D eigenvalue weighted by Gasteiger charge is -2.06. The fraction of sp³-hybridized carbons (Fsp3) is 0.579. The summed E-state index contributed by atoms with van der Waals surface area (Å²) in [5.41, 5.74) is 0. The van der Waals surface area contributed by atoms with Crippen molar-refractivity contribution in [3.8, 4) is 11.5 Å². The van der Waals surface area contributed by atoms with E-state index in [2.05, 4.69) is 6.92 Å². The molecule has 134 valence electrons. The molecule has 1 rings (SSSR count). The minimum Gasteiger partial charge on any atom is -0.497 e. The summed E-state index contributed by atoms with van der Waals surface area (Å²) < 4.78 is 15.4. The molecule has 0 unspecified atom stereocenters. The van der Waals surface area contributed by atoms with Crippen molar-refractivity contribution in [2.45, 2.75) is 58.3 Å². The van der Waals surface area contributed by atoms with E-state index >= 15 is 0 Å². The molecule has 0 N–H and O–H groups in total. The predicted octanol–water partition coefficient (Wildman–Crippen LogP) is 4.28. The summed E-state index contributed by atoms with van der Waals surface area (Å²) in [7, 11) is 1.58. The van der Waals surface area contributed by atoms with Crippen molar-refractivity contribution >= 4 is 11.9 Å². The highest BCUT2D eigenvalue weighted by Crippen LogP contribution is 2.17. The van der Waals surface area contributed by atoms with Crippen LogP contribution < -0.4 is 9.47 Å². The smallest absolute Gasteiger partial charge is 0.311 e. The molecule has 0 saturated carbocycles. The third-order valence-corrected chi connectivity index (χ3v) is 3.56. The van der Waals surface area contributed by atoms with Gasteiger partial charge in [0.25, 0.3) is 0 Å². The van der Waals surface area contributed by atoms with E-state index in [0.717, 1.165) is 12.8 Å². The van der Waals surface area contributed by atoms with Crippen molar-refractivity contribution < 1.29 is 23.8 Å². The van der Waals surface area contributed by atoms with E-state index in [1.54, 1.807) is 31.4 Å². The number of unbranched alkanes of at least 4 members (excludes halogenated alkanes) is 4. The Labute approximate surface area is 144 Å². The molecule has 0 radical (unpaired) electrons. The molecule has 0 aromatic heterocycles. The number of rotatable bonds is 12. The first kappa shape index (κ1) is 20.0. The lowest BCUT2D eigenvalue weighted by molar-refractivity contribution is -0.144. The van der Waals surface area contributed by atoms with Crippen molar-refractivity contribution in [1.82, 2.24) is 0 Å². The Balaban J connectivity index is 2.07. The summed E-state index contributed by atoms with van der Waals surface area (Å²) in [5.74, 6) is 0.721. The topological polar surface area (TPSA) is 61.8 Å². The Morgan fingerprint density at radius 1 is 0.833 bits per heavy atom. The summed E-state index contributed by atoms with van der Waals surface area (Å²) in [5, 5.41) is 0. The zero-order valence-electron chi connectivity index (χ0n) is 14.7. The van der Waals surface area contributed by atoms with E-state index in [-0.39, 0.29) is 18.4 Å². The monoisotopic (exact) mass is 336 g/mol. The van der Waals surface area contributed by atoms with Crippen molar-refractivity contribution in [2.75, 3.05) is 13.7 Å². The molecule has 5 nitrogen and oxygen atoms in total. The molecule has 1 aromatic rings. The van der Waals surface area contributed by atoms with Gasteiger partial charge in [0.05, 0.1) is 13.7 Å². The van der Waals surface area contributed by atoms with Gasteiger partial charge in [0.2, 0.25) is 0 Å². The molecular formula is C19H28O5. The van der Waals surface area contributed by atoms with Crippen LogP contribution in [0.5, 0.6) is 11.5 Å². The zero-order chi connectivity index (χ0) is 17.6. The third-order valence-electron chi connectivity index (χ3n) is 3.56. The Hall–Kier alpha value is -2.04. The van der Waals surface area contributed by atoms with Crippen LogP contribution in [0.15, 0.2) is 24.3 Å². The average molecular weight is 336 g/mol. The van der Waals surface area contributed by atoms with E-state index in [1.807, 2.05) is 0 Å². The minimum absolute atomic E-state index is 0.185. The number of ether oxygens (including phenoxy) is 3. The van der Waals surface area contributed by atoms with Gasteiger partial charge in [0, 0.05) is 12.8 Å². The molecule has 1 aromatic carbocycles. The number of methoxy groups -OCH3 is 1. The number of benzene rings is 1. The summed E-state index contributed by atoms with van der Waals surface area (Å²) in [4.78, 5) is 23.2. The van der Waals surface area contributed by atoms with Gasteiger partial charge in [0.1, 0.15) is 11.5 Å². The van der Waals surface area contributed by atoms with E-state index in [0.29, 0.717) is 37.4 Å². The van der Waals surface area contributed by atoms with Crippen LogP contribution in [0, 0.1) is 0 Å². The van der Waals surface area contributed by atoms with Crippen LogP contribution in [0.3, 0.4) is 0 Å². The molecule has 0 fully saturated rings. The van der Waals surface area contributed by atoms with Gasteiger partial charge in [-0.25, -0.2) is 0 Å². The van der Waals surface area contributed by atoms with Crippen molar-refractivity contribution in [3.63, 3.8) is 0 Å². The van der Waals surface area contributed by atoms with Gasteiger partial charge in [-0.2, -0.15) is 0 Å². The predicted molar refractivity (Wildman–Crippen MR) is 92.2 cm³/mol. The van der Waals surface area contributed by atoms with Gasteiger partial charge in [-0.3, -0.25) is 9.59 Å². The molecule has 0 amide bonds. The van der Waals surface area contributed by atoms with Gasteiger partial charge in [0.15, 0.2) is 0 Å². The Kier molecular flexibility index (Phi) is 10.3. The van der Waals surface area contributed by atoms with Crippen molar-refractivity contribution in [3.05, 3.63) is 24.3 Å². The van der Waals surface area contributed by atoms with E-state index in [1.165, 1.54) is 12.8 Å². The summed E-state index contributed by atoms with van der Waals surface area (Å²) >= 11 is 0. The maximum atomic E-state index is 11.7. The summed E-state index contributed by atoms with van der Waals surface area (Å²) in [6.07, 6.45) is 6.24. The van der Waals surface area contributed by atoms with Gasteiger partial charge in [-0.15, -0.1) is 0 Å². The molecule has 0 aliphatic rings. The molecule has 0 heterocycles. The van der Waals surface area contributed by atoms with E-state index in [4.69, 9.17) is 14.2 Å². The molecule has 0 spiro atoms. The first-order valence-corrected chi connectivity index (χ1v) is 8.66. The number of esters is 2. The van der Waals surface area contributed by atoms with E-state index < -0.39 is 0 Å². The second-order valence-electron chi connectivity index (χ2n) is 5.64. The Morgan fingerprint density at radius 3 is 2.08 bits per heavy atom. The minimum atomic E-state index is -0.298. The largest absolute Gasteiger partial charge is 0.497 e. The zero-order valence-corrected chi connectivity index (χ0v) is 14.7. The Bertz CT molecular complexity index is 481. The molecule has 0 bridgehead atoms. The number of hydrogen-bond acceptors (Lipinski definition) is 5. The fourth-order valence-electron chi connectivity index (χ4n) is 2.15. The lowest BCUT2D eigenvalue weighted by Crippen LogP contribution is -2.09. The highest BCUT2D eigenvalue weighted by Gasteiger charge is 2.07. The lowest BCUT2D eigenvalue weighted by atomic mass is 10.2. The maximum Gasteiger partial charge on any atom is 0.311 e. The van der Waals surface area contributed by atoms with Crippen molar-refractivity contribution in [1.29, 1.82) is 0 Å². The highest BCUT2D eigenvalue weighted by molar-refractivity contribution is 5.72. The normalized spacial score (nSPS) is 10.2. The van der Waals surface area contributed by atoms with Crippen LogP contribution >= 0.6 is 0 Å². The first-order valence-electron chi connectivity index (χ1n) is 8.66. The van der Waals surface area contributed by atoms with Crippen molar-refractivity contribution in [2.24, 2.45) is 0 Å². The summed E-state index contributed by atoms with van der Waals surface area (Å²) in [6, 6.07) is 6.84. The first-order chi connectivity index (χ1) is 11.7. The number of hydrogen-bond donors (Lipinski definition) is 0. The fourth-order valence-corrected chi connectivity index (χ4v) is 2.15. The van der Waals surface area contributed by atoms with Crippen LogP contribution in [0.2, 0.25) is 0 Å². The van der Waals surface area contributed by atoms with Gasteiger partial charge in [-0.1, -0.05) is 26.2 Å². The van der Waals surface area contributed by atoms with Crippen LogP contribution in [0.1, 0.15) is 58.3 Å². The maximum absolute atomic E-state index is 11.7. The molecule has 0 atom stereocenters. The van der Waals surface area contributed by atoms with Crippen LogP contribution in [0.4, 0.5) is 0 Å². The molecule has 5 heteroatoms. The quantitative estimate of drug-likeness (QED) is 0.324. The molecule has 0 aliphatic carbocycles. The van der Waals surface area contributed by atoms with Crippen LogP contribution in [0.25, 0.3) is 0 Å². The van der Waals surface area contributed by atoms with Gasteiger partial charge >= 0.3 is 11.9 Å². The molecule has 0 saturated heterocycles. The van der Waals surface area contributed by atoms with Crippen LogP contribution in [-0.2, 0) is 14.3 Å². The number of carbonyl (C=O) groups is 2. The Morgan fingerprint density at radius 2 is 1.46 bits per heavy atom. The second kappa shape index (κ2) is 12.4. The van der Waals surface area contributed by atoms with Crippen LogP contribution in [-0.4, -0.2) is 25.7 Å².